The normalized spacial score (nSPS) is 16.3. The second-order valence-electron chi connectivity index (χ2n) is 5.82. The van der Waals surface area contributed by atoms with E-state index in [1.54, 1.807) is 19.2 Å². The highest BCUT2D eigenvalue weighted by Gasteiger charge is 2.25. The lowest BCUT2D eigenvalue weighted by molar-refractivity contribution is 0.0748. The van der Waals surface area contributed by atoms with Gasteiger partial charge in [-0.3, -0.25) is 4.79 Å². The van der Waals surface area contributed by atoms with Gasteiger partial charge in [-0.1, -0.05) is 6.07 Å². The number of carbonyl (C=O) groups is 1. The summed E-state index contributed by atoms with van der Waals surface area (Å²) >= 11 is 0. The van der Waals surface area contributed by atoms with Crippen LogP contribution in [0.25, 0.3) is 0 Å². The minimum absolute atomic E-state index is 0.110. The predicted octanol–water partition coefficient (Wildman–Crippen LogP) is 0.794. The molecule has 1 fully saturated rings. The number of benzene rings is 1. The van der Waals surface area contributed by atoms with Crippen LogP contribution in [0.4, 0.5) is 0 Å². The molecule has 1 aliphatic carbocycles. The summed E-state index contributed by atoms with van der Waals surface area (Å²) in [6, 6.07) is 6.00. The molecule has 122 valence electrons. The van der Waals surface area contributed by atoms with Gasteiger partial charge in [0, 0.05) is 31.7 Å². The van der Waals surface area contributed by atoms with Crippen LogP contribution in [-0.4, -0.2) is 45.4 Å². The Bertz CT molecular complexity index is 641. The van der Waals surface area contributed by atoms with E-state index in [4.69, 9.17) is 5.73 Å². The third-order valence-electron chi connectivity index (χ3n) is 3.97. The molecule has 1 aromatic carbocycles. The molecule has 3 N–H and O–H groups in total. The number of nitrogens with one attached hydrogen (secondary N) is 1. The van der Waals surface area contributed by atoms with Gasteiger partial charge in [0.1, 0.15) is 0 Å². The zero-order valence-electron chi connectivity index (χ0n) is 13.0. The van der Waals surface area contributed by atoms with Crippen molar-refractivity contribution in [3.63, 3.8) is 0 Å². The smallest absolute Gasteiger partial charge is 0.253 e. The maximum absolute atomic E-state index is 12.4. The fraction of sp³-hybridized carbons (Fsp3) is 0.533. The summed E-state index contributed by atoms with van der Waals surface area (Å²) in [6.07, 6.45) is 2.14. The molecule has 0 aromatic heterocycles. The van der Waals surface area contributed by atoms with E-state index < -0.39 is 10.0 Å². The molecule has 1 aliphatic rings. The summed E-state index contributed by atoms with van der Waals surface area (Å²) < 4.78 is 27.1. The first kappa shape index (κ1) is 16.9. The minimum Gasteiger partial charge on any atom is -0.338 e. The maximum Gasteiger partial charge on any atom is 0.253 e. The molecular formula is C15H23N3O3S. The molecule has 1 aromatic rings. The second kappa shape index (κ2) is 6.76. The number of hydrogen-bond acceptors (Lipinski definition) is 4. The lowest BCUT2D eigenvalue weighted by atomic mass is 10.2. The number of sulfonamides is 1. The number of carbonyl (C=O) groups excluding carboxylic acids is 1. The van der Waals surface area contributed by atoms with Crippen LogP contribution < -0.4 is 10.5 Å². The van der Waals surface area contributed by atoms with Gasteiger partial charge in [-0.05, 0) is 43.9 Å². The van der Waals surface area contributed by atoms with Crippen LogP contribution >= 0.6 is 0 Å². The predicted molar refractivity (Wildman–Crippen MR) is 85.0 cm³/mol. The van der Waals surface area contributed by atoms with Crippen LogP contribution in [0.1, 0.15) is 30.1 Å². The van der Waals surface area contributed by atoms with Crippen LogP contribution in [0, 0.1) is 5.92 Å². The Hall–Kier alpha value is -1.44. The third-order valence-corrected chi connectivity index (χ3v) is 5.39. The van der Waals surface area contributed by atoms with E-state index in [2.05, 4.69) is 4.72 Å². The van der Waals surface area contributed by atoms with E-state index in [1.807, 2.05) is 6.92 Å². The van der Waals surface area contributed by atoms with Crippen molar-refractivity contribution in [3.8, 4) is 0 Å². The fourth-order valence-electron chi connectivity index (χ4n) is 1.99. The fourth-order valence-corrected chi connectivity index (χ4v) is 3.15. The van der Waals surface area contributed by atoms with E-state index in [0.29, 0.717) is 24.6 Å². The molecule has 22 heavy (non-hydrogen) atoms. The molecule has 1 amide bonds. The monoisotopic (exact) mass is 325 g/mol. The highest BCUT2D eigenvalue weighted by molar-refractivity contribution is 7.89. The van der Waals surface area contributed by atoms with E-state index in [0.717, 1.165) is 12.8 Å². The molecule has 1 unspecified atom stereocenters. The van der Waals surface area contributed by atoms with Gasteiger partial charge < -0.3 is 10.6 Å². The zero-order chi connectivity index (χ0) is 16.3. The topological polar surface area (TPSA) is 92.5 Å². The molecule has 0 spiro atoms. The number of rotatable bonds is 7. The van der Waals surface area contributed by atoms with Gasteiger partial charge >= 0.3 is 0 Å². The van der Waals surface area contributed by atoms with Crippen molar-refractivity contribution >= 4 is 15.9 Å². The van der Waals surface area contributed by atoms with Gasteiger partial charge in [0.2, 0.25) is 10.0 Å². The maximum atomic E-state index is 12.4. The standard InChI is InChI=1S/C15H23N3O3S/c1-11(9-16)18(2)15(19)13-4-3-5-14(8-13)22(20,21)17-10-12-6-7-12/h3-5,8,11-12,17H,6-7,9-10,16H2,1-2H3. The van der Waals surface area contributed by atoms with Crippen molar-refractivity contribution in [2.75, 3.05) is 20.1 Å². The highest BCUT2D eigenvalue weighted by Crippen LogP contribution is 2.28. The van der Waals surface area contributed by atoms with Gasteiger partial charge in [0.25, 0.3) is 5.91 Å². The molecule has 1 saturated carbocycles. The third kappa shape index (κ3) is 4.06. The molecule has 6 nitrogen and oxygen atoms in total. The Balaban J connectivity index is 2.16. The van der Waals surface area contributed by atoms with E-state index in [9.17, 15) is 13.2 Å². The minimum atomic E-state index is -3.57. The van der Waals surface area contributed by atoms with Gasteiger partial charge in [-0.2, -0.15) is 0 Å². The van der Waals surface area contributed by atoms with Gasteiger partial charge in [0.05, 0.1) is 4.90 Å². The molecule has 0 aliphatic heterocycles. The largest absolute Gasteiger partial charge is 0.338 e. The Morgan fingerprint density at radius 2 is 2.14 bits per heavy atom. The number of nitrogens with zero attached hydrogens (tertiary/aromatic N) is 1. The van der Waals surface area contributed by atoms with Crippen LogP contribution in [0.2, 0.25) is 0 Å². The first-order chi connectivity index (χ1) is 10.3. The second-order valence-corrected chi connectivity index (χ2v) is 7.59. The average Bonchev–Trinajstić information content (AvgIpc) is 3.35. The Morgan fingerprint density at radius 3 is 2.73 bits per heavy atom. The van der Waals surface area contributed by atoms with Crippen molar-refractivity contribution in [1.29, 1.82) is 0 Å². The van der Waals surface area contributed by atoms with E-state index >= 15 is 0 Å². The lowest BCUT2D eigenvalue weighted by Crippen LogP contribution is -2.39. The summed E-state index contributed by atoms with van der Waals surface area (Å²) in [4.78, 5) is 14.0. The van der Waals surface area contributed by atoms with Crippen molar-refractivity contribution in [2.24, 2.45) is 11.7 Å². The summed E-state index contributed by atoms with van der Waals surface area (Å²) in [7, 11) is -1.91. The van der Waals surface area contributed by atoms with Gasteiger partial charge in [-0.25, -0.2) is 13.1 Å². The number of nitrogens with two attached hydrogens (primary N) is 1. The van der Waals surface area contributed by atoms with Crippen molar-refractivity contribution in [2.45, 2.75) is 30.7 Å². The summed E-state index contributed by atoms with van der Waals surface area (Å²) in [6.45, 7) is 2.66. The molecule has 0 heterocycles. The zero-order valence-corrected chi connectivity index (χ0v) is 13.8. The SMILES string of the molecule is CC(CN)N(C)C(=O)c1cccc(S(=O)(=O)NCC2CC2)c1. The molecule has 7 heteroatoms. The Morgan fingerprint density at radius 1 is 1.45 bits per heavy atom. The quantitative estimate of drug-likeness (QED) is 0.775. The molecule has 0 radical (unpaired) electrons. The number of hydrogen-bond donors (Lipinski definition) is 2. The average molecular weight is 325 g/mol. The summed E-state index contributed by atoms with van der Waals surface area (Å²) in [5.74, 6) is 0.216. The van der Waals surface area contributed by atoms with E-state index in [-0.39, 0.29) is 16.8 Å². The van der Waals surface area contributed by atoms with Crippen LogP contribution in [-0.2, 0) is 10.0 Å². The van der Waals surface area contributed by atoms with Crippen LogP contribution in [0.5, 0.6) is 0 Å². The van der Waals surface area contributed by atoms with Crippen LogP contribution in [0.3, 0.4) is 0 Å². The first-order valence-electron chi connectivity index (χ1n) is 7.42. The molecular weight excluding hydrogens is 302 g/mol. The Labute approximate surface area is 131 Å². The number of amides is 1. The summed E-state index contributed by atoms with van der Waals surface area (Å²) in [5.41, 5.74) is 5.91. The summed E-state index contributed by atoms with van der Waals surface area (Å²) in [5, 5.41) is 0. The lowest BCUT2D eigenvalue weighted by Gasteiger charge is -2.23. The van der Waals surface area contributed by atoms with E-state index in [1.165, 1.54) is 17.0 Å². The van der Waals surface area contributed by atoms with Gasteiger partial charge in [-0.15, -0.1) is 0 Å². The molecule has 2 rings (SSSR count). The number of likely N-dealkylation sites (N-methyl/N-ethyl adjacent to an activating group) is 1. The van der Waals surface area contributed by atoms with Crippen molar-refractivity contribution < 1.29 is 13.2 Å². The van der Waals surface area contributed by atoms with Crippen molar-refractivity contribution in [1.82, 2.24) is 9.62 Å². The molecule has 1 atom stereocenters. The molecule has 0 saturated heterocycles. The first-order valence-corrected chi connectivity index (χ1v) is 8.90. The van der Waals surface area contributed by atoms with Gasteiger partial charge in [0.15, 0.2) is 0 Å². The molecule has 0 bridgehead atoms. The highest BCUT2D eigenvalue weighted by atomic mass is 32.2. The van der Waals surface area contributed by atoms with Crippen molar-refractivity contribution in [3.05, 3.63) is 29.8 Å². The van der Waals surface area contributed by atoms with Crippen LogP contribution in [0.15, 0.2) is 29.2 Å². The Kier molecular flexibility index (Phi) is 5.20.